The second kappa shape index (κ2) is 2.67. The number of fused-ring (bicyclic) bond motifs is 1. The van der Waals surface area contributed by atoms with Crippen molar-refractivity contribution in [1.82, 2.24) is 0 Å². The van der Waals surface area contributed by atoms with Crippen LogP contribution >= 0.6 is 0 Å². The number of hydrogen-bond acceptors (Lipinski definition) is 2. The predicted octanol–water partition coefficient (Wildman–Crippen LogP) is 3.03. The van der Waals surface area contributed by atoms with E-state index in [1.54, 1.807) is 6.07 Å². The molecule has 5 heteroatoms. The van der Waals surface area contributed by atoms with Crippen LogP contribution in [0, 0.1) is 0 Å². The highest BCUT2D eigenvalue weighted by molar-refractivity contribution is 5.89. The van der Waals surface area contributed by atoms with E-state index >= 15 is 0 Å². The molecule has 2 N–H and O–H groups in total. The normalized spacial score (nSPS) is 12.2. The highest BCUT2D eigenvalue weighted by atomic mass is 19.4. The van der Waals surface area contributed by atoms with E-state index in [1.165, 1.54) is 12.1 Å². The minimum atomic E-state index is -4.47. The molecule has 1 aromatic heterocycles. The van der Waals surface area contributed by atoms with Crippen molar-refractivity contribution >= 4 is 16.7 Å². The smallest absolute Gasteiger partial charge is 0.449 e. The summed E-state index contributed by atoms with van der Waals surface area (Å²) < 4.78 is 41.3. The van der Waals surface area contributed by atoms with Crippen LogP contribution in [0.4, 0.5) is 18.9 Å². The Morgan fingerprint density at radius 2 is 1.93 bits per heavy atom. The van der Waals surface area contributed by atoms with Crippen LogP contribution in [0.1, 0.15) is 5.76 Å². The molecular weight excluding hydrogens is 195 g/mol. The number of hydrogen-bond donors (Lipinski definition) is 1. The van der Waals surface area contributed by atoms with Gasteiger partial charge in [0.25, 0.3) is 0 Å². The van der Waals surface area contributed by atoms with Gasteiger partial charge in [0.05, 0.1) is 0 Å². The van der Waals surface area contributed by atoms with E-state index in [0.717, 1.165) is 6.07 Å². The average Bonchev–Trinajstić information content (AvgIpc) is 2.48. The Morgan fingerprint density at radius 3 is 2.50 bits per heavy atom. The van der Waals surface area contributed by atoms with Gasteiger partial charge in [0, 0.05) is 11.1 Å². The molecule has 2 nitrogen and oxygen atoms in total. The van der Waals surface area contributed by atoms with Gasteiger partial charge in [-0.25, -0.2) is 0 Å². The van der Waals surface area contributed by atoms with Crippen LogP contribution in [-0.4, -0.2) is 0 Å². The summed E-state index contributed by atoms with van der Waals surface area (Å²) in [5, 5.41) is 0.292. The summed E-state index contributed by atoms with van der Waals surface area (Å²) in [6, 6.07) is 5.42. The largest absolute Gasteiger partial charge is 0.451 e. The molecule has 2 aromatic rings. The molecule has 0 aliphatic rings. The van der Waals surface area contributed by atoms with Crippen LogP contribution in [0.5, 0.6) is 0 Å². The molecule has 0 saturated heterocycles. The van der Waals surface area contributed by atoms with Gasteiger partial charge >= 0.3 is 6.18 Å². The van der Waals surface area contributed by atoms with E-state index in [4.69, 9.17) is 5.73 Å². The Balaban J connectivity index is 2.69. The monoisotopic (exact) mass is 201 g/mol. The molecule has 14 heavy (non-hydrogen) atoms. The first-order valence-electron chi connectivity index (χ1n) is 3.84. The Hall–Kier alpha value is -1.65. The fraction of sp³-hybridized carbons (Fsp3) is 0.111. The lowest BCUT2D eigenvalue weighted by molar-refractivity contribution is -0.152. The molecule has 2 rings (SSSR count). The number of furan rings is 1. The molecule has 0 unspecified atom stereocenters. The number of rotatable bonds is 0. The lowest BCUT2D eigenvalue weighted by atomic mass is 10.2. The molecule has 0 aliphatic heterocycles. The zero-order chi connectivity index (χ0) is 10.3. The van der Waals surface area contributed by atoms with Crippen molar-refractivity contribution in [3.63, 3.8) is 0 Å². The van der Waals surface area contributed by atoms with Gasteiger partial charge in [0.2, 0.25) is 5.76 Å². The summed E-state index contributed by atoms with van der Waals surface area (Å²) in [5.41, 5.74) is 5.92. The van der Waals surface area contributed by atoms with Gasteiger partial charge in [-0.15, -0.1) is 0 Å². The van der Waals surface area contributed by atoms with Gasteiger partial charge in [-0.3, -0.25) is 0 Å². The van der Waals surface area contributed by atoms with Crippen molar-refractivity contribution < 1.29 is 17.6 Å². The standard InChI is InChI=1S/C9H6F3NO/c10-9(11,12)8-4-5-6(13)2-1-3-7(5)14-8/h1-4H,13H2. The molecule has 0 bridgehead atoms. The second-order valence-electron chi connectivity index (χ2n) is 2.87. The average molecular weight is 201 g/mol. The quantitative estimate of drug-likeness (QED) is 0.665. The molecule has 0 radical (unpaired) electrons. The minimum Gasteiger partial charge on any atom is -0.451 e. The molecule has 74 valence electrons. The first-order valence-corrected chi connectivity index (χ1v) is 3.84. The third kappa shape index (κ3) is 1.30. The number of halogens is 3. The van der Waals surface area contributed by atoms with Crippen molar-refractivity contribution in [2.75, 3.05) is 5.73 Å². The summed E-state index contributed by atoms with van der Waals surface area (Å²) in [6.07, 6.45) is -4.47. The van der Waals surface area contributed by atoms with E-state index in [-0.39, 0.29) is 11.3 Å². The first kappa shape index (κ1) is 8.93. The van der Waals surface area contributed by atoms with E-state index in [9.17, 15) is 13.2 Å². The maximum Gasteiger partial charge on any atom is 0.449 e. The lowest BCUT2D eigenvalue weighted by Gasteiger charge is -1.98. The molecule has 0 fully saturated rings. The maximum atomic E-state index is 12.2. The fourth-order valence-electron chi connectivity index (χ4n) is 1.22. The Morgan fingerprint density at radius 1 is 1.21 bits per heavy atom. The minimum absolute atomic E-state index is 0.150. The van der Waals surface area contributed by atoms with Crippen molar-refractivity contribution in [3.8, 4) is 0 Å². The second-order valence-corrected chi connectivity index (χ2v) is 2.87. The Kier molecular flexibility index (Phi) is 1.70. The molecule has 0 amide bonds. The highest BCUT2D eigenvalue weighted by Crippen LogP contribution is 2.35. The molecule has 0 atom stereocenters. The third-order valence-electron chi connectivity index (χ3n) is 1.87. The first-order chi connectivity index (χ1) is 6.48. The van der Waals surface area contributed by atoms with Gasteiger partial charge in [0.1, 0.15) is 5.58 Å². The third-order valence-corrected chi connectivity index (χ3v) is 1.87. The van der Waals surface area contributed by atoms with Crippen LogP contribution in [0.25, 0.3) is 11.0 Å². The van der Waals surface area contributed by atoms with Gasteiger partial charge in [-0.05, 0) is 18.2 Å². The number of nitrogen functional groups attached to an aromatic ring is 1. The Labute approximate surface area is 77.1 Å². The summed E-state index contributed by atoms with van der Waals surface area (Å²) in [6.45, 7) is 0. The zero-order valence-electron chi connectivity index (χ0n) is 6.93. The maximum absolute atomic E-state index is 12.2. The molecule has 0 aliphatic carbocycles. The zero-order valence-corrected chi connectivity index (χ0v) is 6.93. The van der Waals surface area contributed by atoms with E-state index in [1.807, 2.05) is 0 Å². The molecule has 0 saturated carbocycles. The van der Waals surface area contributed by atoms with Crippen molar-refractivity contribution in [2.24, 2.45) is 0 Å². The van der Waals surface area contributed by atoms with Crippen LogP contribution < -0.4 is 5.73 Å². The fourth-order valence-corrected chi connectivity index (χ4v) is 1.22. The number of anilines is 1. The van der Waals surface area contributed by atoms with Gasteiger partial charge in [-0.1, -0.05) is 6.07 Å². The highest BCUT2D eigenvalue weighted by Gasteiger charge is 2.35. The molecule has 1 aromatic carbocycles. The number of nitrogens with two attached hydrogens (primary N) is 1. The Bertz CT molecular complexity index is 472. The van der Waals surface area contributed by atoms with Crippen LogP contribution in [-0.2, 0) is 6.18 Å². The van der Waals surface area contributed by atoms with Gasteiger partial charge in [-0.2, -0.15) is 13.2 Å². The van der Waals surface area contributed by atoms with Crippen LogP contribution in [0.2, 0.25) is 0 Å². The van der Waals surface area contributed by atoms with Crippen LogP contribution in [0.3, 0.4) is 0 Å². The number of benzene rings is 1. The summed E-state index contributed by atoms with van der Waals surface area (Å²) >= 11 is 0. The van der Waals surface area contributed by atoms with Crippen molar-refractivity contribution in [3.05, 3.63) is 30.0 Å². The predicted molar refractivity (Wildman–Crippen MR) is 45.6 cm³/mol. The van der Waals surface area contributed by atoms with Crippen molar-refractivity contribution in [2.45, 2.75) is 6.18 Å². The summed E-state index contributed by atoms with van der Waals surface area (Å²) in [7, 11) is 0. The summed E-state index contributed by atoms with van der Waals surface area (Å²) in [4.78, 5) is 0. The van der Waals surface area contributed by atoms with Crippen molar-refractivity contribution in [1.29, 1.82) is 0 Å². The van der Waals surface area contributed by atoms with E-state index in [2.05, 4.69) is 4.42 Å². The lowest BCUT2D eigenvalue weighted by Crippen LogP contribution is -2.01. The van der Waals surface area contributed by atoms with E-state index in [0.29, 0.717) is 5.39 Å². The molecule has 1 heterocycles. The van der Waals surface area contributed by atoms with E-state index < -0.39 is 11.9 Å². The van der Waals surface area contributed by atoms with Gasteiger partial charge in [0.15, 0.2) is 0 Å². The number of alkyl halides is 3. The molecular formula is C9H6F3NO. The van der Waals surface area contributed by atoms with Crippen LogP contribution in [0.15, 0.2) is 28.7 Å². The van der Waals surface area contributed by atoms with Gasteiger partial charge < -0.3 is 10.2 Å². The summed E-state index contributed by atoms with van der Waals surface area (Å²) in [5.74, 6) is -1.02. The SMILES string of the molecule is Nc1cccc2oc(C(F)(F)F)cc12. The molecule has 0 spiro atoms. The topological polar surface area (TPSA) is 39.2 Å².